The van der Waals surface area contributed by atoms with Gasteiger partial charge >= 0.3 is 0 Å². The van der Waals surface area contributed by atoms with Crippen molar-refractivity contribution in [2.24, 2.45) is 0 Å². The van der Waals surface area contributed by atoms with Crippen molar-refractivity contribution in [1.82, 2.24) is 25.6 Å². The van der Waals surface area contributed by atoms with Crippen LogP contribution in [0.3, 0.4) is 0 Å². The quantitative estimate of drug-likeness (QED) is 0.110. The topological polar surface area (TPSA) is 144 Å². The van der Waals surface area contributed by atoms with Crippen LogP contribution in [0.1, 0.15) is 27.2 Å². The van der Waals surface area contributed by atoms with Gasteiger partial charge in [-0.25, -0.2) is 9.37 Å². The highest BCUT2D eigenvalue weighted by Gasteiger charge is 2.17. The first-order valence-electron chi connectivity index (χ1n) is 14.3. The average molecular weight is 596 g/mol. The van der Waals surface area contributed by atoms with E-state index in [4.69, 9.17) is 10.2 Å². The molecule has 0 saturated carbocycles. The Kier molecular flexibility index (Phi) is 10.2. The van der Waals surface area contributed by atoms with Crippen LogP contribution in [-0.2, 0) is 13.1 Å². The minimum Gasteiger partial charge on any atom is -0.395 e. The summed E-state index contributed by atoms with van der Waals surface area (Å²) < 4.78 is 15.8. The zero-order valence-corrected chi connectivity index (χ0v) is 24.3. The Bertz CT molecular complexity index is 1750. The summed E-state index contributed by atoms with van der Waals surface area (Å²) in [6.07, 6.45) is 5.06. The van der Waals surface area contributed by atoms with E-state index in [0.29, 0.717) is 48.6 Å². The first-order chi connectivity index (χ1) is 21.5. The average Bonchev–Trinajstić information content (AvgIpc) is 3.04. The molecule has 3 heterocycles. The third kappa shape index (κ3) is 7.21. The smallest absolute Gasteiger partial charge is 0.274 e. The lowest BCUT2D eigenvalue weighted by Gasteiger charge is -2.16. The Balaban J connectivity index is 1.35. The van der Waals surface area contributed by atoms with Gasteiger partial charge in [-0.15, -0.1) is 0 Å². The van der Waals surface area contributed by atoms with Crippen molar-refractivity contribution >= 4 is 34.0 Å². The molecule has 5 aromatic rings. The Morgan fingerprint density at radius 1 is 0.818 bits per heavy atom. The summed E-state index contributed by atoms with van der Waals surface area (Å²) >= 11 is 0. The van der Waals surface area contributed by atoms with Crippen LogP contribution in [-0.4, -0.2) is 57.4 Å². The number of amides is 1. The molecule has 0 saturated heterocycles. The maximum absolute atomic E-state index is 15.8. The van der Waals surface area contributed by atoms with Crippen molar-refractivity contribution in [2.75, 3.05) is 36.9 Å². The van der Waals surface area contributed by atoms with Gasteiger partial charge < -0.3 is 31.5 Å². The highest BCUT2D eigenvalue weighted by atomic mass is 19.1. The minimum absolute atomic E-state index is 0.0322. The van der Waals surface area contributed by atoms with Crippen LogP contribution in [0.2, 0.25) is 0 Å². The largest absolute Gasteiger partial charge is 0.395 e. The third-order valence-corrected chi connectivity index (χ3v) is 7.07. The Morgan fingerprint density at radius 3 is 2.25 bits per heavy atom. The number of aliphatic hydroxyl groups excluding tert-OH is 2. The molecule has 1 amide bonds. The van der Waals surface area contributed by atoms with E-state index < -0.39 is 11.7 Å². The number of nitrogens with zero attached hydrogens (tertiary/aromatic N) is 3. The molecule has 0 atom stereocenters. The van der Waals surface area contributed by atoms with Crippen molar-refractivity contribution in [3.63, 3.8) is 0 Å². The van der Waals surface area contributed by atoms with E-state index in [1.807, 2.05) is 37.3 Å². The van der Waals surface area contributed by atoms with E-state index in [1.54, 1.807) is 42.9 Å². The van der Waals surface area contributed by atoms with Gasteiger partial charge in [-0.1, -0.05) is 30.3 Å². The first kappa shape index (κ1) is 30.6. The fourth-order valence-corrected chi connectivity index (χ4v) is 4.79. The van der Waals surface area contributed by atoms with E-state index in [0.717, 1.165) is 27.8 Å². The lowest BCUT2D eigenvalue weighted by Crippen LogP contribution is -2.18. The molecule has 0 unspecified atom stereocenters. The molecule has 10 nitrogen and oxygen atoms in total. The second-order valence-electron chi connectivity index (χ2n) is 10.2. The first-order valence-corrected chi connectivity index (χ1v) is 14.3. The van der Waals surface area contributed by atoms with E-state index in [9.17, 15) is 4.79 Å². The zero-order chi connectivity index (χ0) is 30.9. The summed E-state index contributed by atoms with van der Waals surface area (Å²) in [5.41, 5.74) is 5.29. The molecule has 2 aromatic carbocycles. The molecule has 0 aliphatic heterocycles. The van der Waals surface area contributed by atoms with Gasteiger partial charge in [-0.05, 0) is 59.5 Å². The van der Waals surface area contributed by atoms with Gasteiger partial charge in [0.1, 0.15) is 11.2 Å². The Morgan fingerprint density at radius 2 is 1.52 bits per heavy atom. The molecule has 6 N–H and O–H groups in total. The van der Waals surface area contributed by atoms with Crippen LogP contribution in [0.25, 0.3) is 22.0 Å². The fraction of sp³-hybridized carbons (Fsp3) is 0.212. The van der Waals surface area contributed by atoms with Gasteiger partial charge in [0.25, 0.3) is 5.91 Å². The van der Waals surface area contributed by atoms with E-state index in [-0.39, 0.29) is 24.6 Å². The molecular formula is C33H34FN7O3. The van der Waals surface area contributed by atoms with Crippen molar-refractivity contribution in [3.05, 3.63) is 107 Å². The molecule has 226 valence electrons. The summed E-state index contributed by atoms with van der Waals surface area (Å²) in [5.74, 6) is -0.509. The van der Waals surface area contributed by atoms with Gasteiger partial charge in [0.2, 0.25) is 0 Å². The van der Waals surface area contributed by atoms with Crippen LogP contribution in [0.5, 0.6) is 0 Å². The summed E-state index contributed by atoms with van der Waals surface area (Å²) in [4.78, 5) is 26.2. The number of hydrogen-bond donors (Lipinski definition) is 6. The third-order valence-electron chi connectivity index (χ3n) is 7.07. The molecule has 0 radical (unpaired) electrons. The molecule has 0 spiro atoms. The number of benzene rings is 2. The fourth-order valence-electron chi connectivity index (χ4n) is 4.79. The number of carbonyl (C=O) groups excluding carboxylic acids is 1. The predicted molar refractivity (Wildman–Crippen MR) is 169 cm³/mol. The SMILES string of the molecule is Cc1c(Nc2nccc3cc(CNCCO)cnc23)cccc1-c1cccc(NC(=O)c2ccc(CNCCO)cn2)c1F. The van der Waals surface area contributed by atoms with Gasteiger partial charge in [-0.3, -0.25) is 14.8 Å². The van der Waals surface area contributed by atoms with Crippen molar-refractivity contribution < 1.29 is 19.4 Å². The lowest BCUT2D eigenvalue weighted by atomic mass is 9.98. The maximum Gasteiger partial charge on any atom is 0.274 e. The minimum atomic E-state index is -0.557. The maximum atomic E-state index is 15.8. The van der Waals surface area contributed by atoms with Gasteiger partial charge in [-0.2, -0.15) is 0 Å². The van der Waals surface area contributed by atoms with Crippen LogP contribution in [0, 0.1) is 12.7 Å². The molecule has 3 aromatic heterocycles. The van der Waals surface area contributed by atoms with Crippen LogP contribution < -0.4 is 21.3 Å². The zero-order valence-electron chi connectivity index (χ0n) is 24.3. The second kappa shape index (κ2) is 14.6. The van der Waals surface area contributed by atoms with Crippen LogP contribution >= 0.6 is 0 Å². The highest BCUT2D eigenvalue weighted by molar-refractivity contribution is 6.03. The van der Waals surface area contributed by atoms with Crippen molar-refractivity contribution in [3.8, 4) is 11.1 Å². The molecule has 5 rings (SSSR count). The summed E-state index contributed by atoms with van der Waals surface area (Å²) in [5, 5.41) is 31.0. The molecule has 0 bridgehead atoms. The predicted octanol–water partition coefficient (Wildman–Crippen LogP) is 4.30. The van der Waals surface area contributed by atoms with E-state index >= 15 is 4.39 Å². The summed E-state index contributed by atoms with van der Waals surface area (Å²) in [6, 6.07) is 17.7. The number of fused-ring (bicyclic) bond motifs is 1. The highest BCUT2D eigenvalue weighted by Crippen LogP contribution is 2.35. The Labute approximate surface area is 254 Å². The standard InChI is InChI=1S/C33H34FN7O3/c1-21-25(4-2-6-27(21)40-32-31-24(10-11-37-32)16-23(20-39-31)18-36-13-15-43)26-5-3-7-28(30(26)34)41-33(44)29-9-8-22(19-38-29)17-35-12-14-42/h2-11,16,19-20,35-36,42-43H,12-15,17-18H2,1H3,(H,37,40)(H,41,44). The van der Waals surface area contributed by atoms with E-state index in [2.05, 4.69) is 36.2 Å². The normalized spacial score (nSPS) is 11.1. The number of nitrogens with one attached hydrogen (secondary N) is 4. The number of hydrogen-bond acceptors (Lipinski definition) is 9. The summed E-state index contributed by atoms with van der Waals surface area (Å²) in [7, 11) is 0. The van der Waals surface area contributed by atoms with Gasteiger partial charge in [0.05, 0.1) is 18.9 Å². The number of aromatic nitrogens is 3. The lowest BCUT2D eigenvalue weighted by molar-refractivity contribution is 0.102. The second-order valence-corrected chi connectivity index (χ2v) is 10.2. The van der Waals surface area contributed by atoms with Gasteiger partial charge in [0, 0.05) is 61.4 Å². The Hall–Kier alpha value is -4.81. The molecule has 0 fully saturated rings. The number of rotatable bonds is 13. The van der Waals surface area contributed by atoms with E-state index in [1.165, 1.54) is 6.07 Å². The van der Waals surface area contributed by atoms with Crippen molar-refractivity contribution in [2.45, 2.75) is 20.0 Å². The molecule has 11 heteroatoms. The molecule has 0 aliphatic rings. The number of halogens is 1. The molecular weight excluding hydrogens is 561 g/mol. The molecule has 0 aliphatic carbocycles. The van der Waals surface area contributed by atoms with Crippen LogP contribution in [0.15, 0.2) is 79.3 Å². The number of pyridine rings is 3. The number of carbonyl (C=O) groups is 1. The van der Waals surface area contributed by atoms with Gasteiger partial charge in [0.15, 0.2) is 11.6 Å². The van der Waals surface area contributed by atoms with Crippen molar-refractivity contribution in [1.29, 1.82) is 0 Å². The monoisotopic (exact) mass is 595 g/mol. The summed E-state index contributed by atoms with van der Waals surface area (Å²) in [6.45, 7) is 4.06. The number of anilines is 3. The molecule has 44 heavy (non-hydrogen) atoms. The number of aliphatic hydroxyl groups is 2. The van der Waals surface area contributed by atoms with Crippen LogP contribution in [0.4, 0.5) is 21.6 Å².